The number of hydrogen-bond donors (Lipinski definition) is 1. The fraction of sp³-hybridized carbons (Fsp3) is 0.429. The Morgan fingerprint density at radius 1 is 1.18 bits per heavy atom. The van der Waals surface area contributed by atoms with E-state index >= 15 is 0 Å². The summed E-state index contributed by atoms with van der Waals surface area (Å²) in [6.45, 7) is 8.14. The average molecular weight is 233 g/mol. The van der Waals surface area contributed by atoms with Gasteiger partial charge in [-0.05, 0) is 24.6 Å². The number of carbonyl (C=O) groups is 1. The molecule has 3 nitrogen and oxygen atoms in total. The van der Waals surface area contributed by atoms with Crippen LogP contribution < -0.4 is 0 Å². The van der Waals surface area contributed by atoms with E-state index in [1.165, 1.54) is 0 Å². The molecular formula is C14H19NO2. The Bertz CT molecular complexity index is 413. The zero-order chi connectivity index (χ0) is 13.1. The summed E-state index contributed by atoms with van der Waals surface area (Å²) < 4.78 is 4.90. The lowest BCUT2D eigenvalue weighted by Gasteiger charge is -2.20. The third-order valence-corrected chi connectivity index (χ3v) is 2.43. The van der Waals surface area contributed by atoms with Gasteiger partial charge in [-0.3, -0.25) is 0 Å². The fourth-order valence-corrected chi connectivity index (χ4v) is 1.42. The van der Waals surface area contributed by atoms with Gasteiger partial charge in [-0.15, -0.1) is 0 Å². The van der Waals surface area contributed by atoms with Gasteiger partial charge in [0.05, 0.1) is 12.2 Å². The van der Waals surface area contributed by atoms with Crippen molar-refractivity contribution in [3.63, 3.8) is 0 Å². The smallest absolute Gasteiger partial charge is 0.338 e. The first-order valence-corrected chi connectivity index (χ1v) is 5.73. The van der Waals surface area contributed by atoms with Crippen LogP contribution in [0.1, 0.15) is 43.6 Å². The molecule has 0 spiro atoms. The molecule has 0 amide bonds. The van der Waals surface area contributed by atoms with E-state index < -0.39 is 0 Å². The van der Waals surface area contributed by atoms with Gasteiger partial charge >= 0.3 is 5.97 Å². The monoisotopic (exact) mass is 233 g/mol. The van der Waals surface area contributed by atoms with E-state index in [1.807, 2.05) is 20.8 Å². The topological polar surface area (TPSA) is 50.2 Å². The van der Waals surface area contributed by atoms with Gasteiger partial charge in [0.2, 0.25) is 0 Å². The van der Waals surface area contributed by atoms with E-state index in [2.05, 4.69) is 0 Å². The summed E-state index contributed by atoms with van der Waals surface area (Å²) in [4.78, 5) is 11.4. The standard InChI is InChI=1S/C14H19NO2/c1-5-17-13(16)11-8-6-10(7-9-11)12(15)14(2,3)4/h6-9,15H,5H2,1-4H3. The van der Waals surface area contributed by atoms with Gasteiger partial charge in [0.15, 0.2) is 0 Å². The Kier molecular flexibility index (Phi) is 4.05. The molecule has 0 aliphatic carbocycles. The van der Waals surface area contributed by atoms with Gasteiger partial charge in [0.25, 0.3) is 0 Å². The first-order valence-electron chi connectivity index (χ1n) is 5.73. The second-order valence-electron chi connectivity index (χ2n) is 4.92. The number of carbonyl (C=O) groups excluding carboxylic acids is 1. The third-order valence-electron chi connectivity index (χ3n) is 2.43. The molecule has 0 aromatic heterocycles. The van der Waals surface area contributed by atoms with Gasteiger partial charge in [0, 0.05) is 11.1 Å². The highest BCUT2D eigenvalue weighted by molar-refractivity contribution is 6.02. The largest absolute Gasteiger partial charge is 0.462 e. The maximum atomic E-state index is 11.4. The molecule has 0 unspecified atom stereocenters. The molecule has 0 aliphatic rings. The maximum absolute atomic E-state index is 11.4. The molecule has 1 N–H and O–H groups in total. The van der Waals surface area contributed by atoms with Gasteiger partial charge in [0.1, 0.15) is 0 Å². The molecule has 0 heterocycles. The zero-order valence-electron chi connectivity index (χ0n) is 10.8. The molecule has 1 aromatic carbocycles. The van der Waals surface area contributed by atoms with Crippen LogP contribution >= 0.6 is 0 Å². The van der Waals surface area contributed by atoms with Crippen LogP contribution in [0.3, 0.4) is 0 Å². The van der Waals surface area contributed by atoms with Gasteiger partial charge < -0.3 is 10.1 Å². The van der Waals surface area contributed by atoms with Crippen molar-refractivity contribution in [3.05, 3.63) is 35.4 Å². The van der Waals surface area contributed by atoms with Gasteiger partial charge in [-0.2, -0.15) is 0 Å². The Balaban J connectivity index is 2.89. The number of ether oxygens (including phenoxy) is 1. The van der Waals surface area contributed by atoms with Crippen molar-refractivity contribution in [2.45, 2.75) is 27.7 Å². The van der Waals surface area contributed by atoms with Crippen LogP contribution in [0.25, 0.3) is 0 Å². The molecule has 0 atom stereocenters. The summed E-state index contributed by atoms with van der Waals surface area (Å²) in [6, 6.07) is 6.99. The van der Waals surface area contributed by atoms with Crippen molar-refractivity contribution < 1.29 is 9.53 Å². The minimum Gasteiger partial charge on any atom is -0.462 e. The molecule has 1 rings (SSSR count). The Morgan fingerprint density at radius 2 is 1.65 bits per heavy atom. The van der Waals surface area contributed by atoms with E-state index in [4.69, 9.17) is 10.1 Å². The zero-order valence-corrected chi connectivity index (χ0v) is 10.8. The number of hydrogen-bond acceptors (Lipinski definition) is 3. The van der Waals surface area contributed by atoms with Crippen LogP contribution in [-0.2, 0) is 4.74 Å². The predicted molar refractivity (Wildman–Crippen MR) is 68.7 cm³/mol. The van der Waals surface area contributed by atoms with Crippen LogP contribution in [-0.4, -0.2) is 18.3 Å². The van der Waals surface area contributed by atoms with E-state index in [1.54, 1.807) is 31.2 Å². The molecule has 0 aliphatic heterocycles. The summed E-state index contributed by atoms with van der Waals surface area (Å²) in [7, 11) is 0. The van der Waals surface area contributed by atoms with E-state index in [0.717, 1.165) is 5.56 Å². The Morgan fingerprint density at radius 3 is 2.06 bits per heavy atom. The SMILES string of the molecule is CCOC(=O)c1ccc(C(=N)C(C)(C)C)cc1. The molecule has 92 valence electrons. The highest BCUT2D eigenvalue weighted by atomic mass is 16.5. The average Bonchev–Trinajstić information content (AvgIpc) is 2.27. The van der Waals surface area contributed by atoms with Crippen LogP contribution in [0.4, 0.5) is 0 Å². The highest BCUT2D eigenvalue weighted by Gasteiger charge is 2.19. The quantitative estimate of drug-likeness (QED) is 0.643. The number of esters is 1. The second-order valence-corrected chi connectivity index (χ2v) is 4.92. The molecule has 1 aromatic rings. The maximum Gasteiger partial charge on any atom is 0.338 e. The summed E-state index contributed by atoms with van der Waals surface area (Å²) in [6.07, 6.45) is 0. The third kappa shape index (κ3) is 3.41. The van der Waals surface area contributed by atoms with E-state index in [-0.39, 0.29) is 11.4 Å². The number of rotatable bonds is 3. The minimum absolute atomic E-state index is 0.189. The molecule has 0 saturated heterocycles. The second kappa shape index (κ2) is 5.13. The molecule has 0 saturated carbocycles. The fourth-order valence-electron chi connectivity index (χ4n) is 1.42. The van der Waals surface area contributed by atoms with Crippen molar-refractivity contribution in [1.29, 1.82) is 5.41 Å². The van der Waals surface area contributed by atoms with Crippen molar-refractivity contribution in [2.24, 2.45) is 5.41 Å². The van der Waals surface area contributed by atoms with Crippen LogP contribution in [0.5, 0.6) is 0 Å². The molecule has 0 bridgehead atoms. The number of benzene rings is 1. The summed E-state index contributed by atoms with van der Waals surface area (Å²) in [5.41, 5.74) is 1.74. The summed E-state index contributed by atoms with van der Waals surface area (Å²) in [5, 5.41) is 8.02. The van der Waals surface area contributed by atoms with Gasteiger partial charge in [-0.25, -0.2) is 4.79 Å². The molecule has 17 heavy (non-hydrogen) atoms. The highest BCUT2D eigenvalue weighted by Crippen LogP contribution is 2.20. The predicted octanol–water partition coefficient (Wildman–Crippen LogP) is 3.28. The van der Waals surface area contributed by atoms with Crippen molar-refractivity contribution in [1.82, 2.24) is 0 Å². The number of nitrogens with one attached hydrogen (secondary N) is 1. The molecule has 3 heteroatoms. The minimum atomic E-state index is -0.318. The Labute approximate surface area is 102 Å². The van der Waals surface area contributed by atoms with Crippen molar-refractivity contribution >= 4 is 11.7 Å². The van der Waals surface area contributed by atoms with E-state index in [0.29, 0.717) is 17.9 Å². The lowest BCUT2D eigenvalue weighted by molar-refractivity contribution is 0.0526. The normalized spacial score (nSPS) is 11.1. The molecule has 0 radical (unpaired) electrons. The Hall–Kier alpha value is -1.64. The van der Waals surface area contributed by atoms with Gasteiger partial charge in [-0.1, -0.05) is 32.9 Å². The van der Waals surface area contributed by atoms with E-state index in [9.17, 15) is 4.79 Å². The van der Waals surface area contributed by atoms with Crippen LogP contribution in [0, 0.1) is 10.8 Å². The summed E-state index contributed by atoms with van der Waals surface area (Å²) in [5.74, 6) is -0.318. The molecule has 0 fully saturated rings. The summed E-state index contributed by atoms with van der Waals surface area (Å²) >= 11 is 0. The molecular weight excluding hydrogens is 214 g/mol. The first kappa shape index (κ1) is 13.4. The first-order chi connectivity index (χ1) is 7.86. The van der Waals surface area contributed by atoms with Crippen LogP contribution in [0.2, 0.25) is 0 Å². The lowest BCUT2D eigenvalue weighted by atomic mass is 9.85. The lowest BCUT2D eigenvalue weighted by Crippen LogP contribution is -2.20. The van der Waals surface area contributed by atoms with Crippen LogP contribution in [0.15, 0.2) is 24.3 Å². The van der Waals surface area contributed by atoms with Crippen molar-refractivity contribution in [2.75, 3.05) is 6.61 Å². The van der Waals surface area contributed by atoms with Crippen molar-refractivity contribution in [3.8, 4) is 0 Å².